The Bertz CT molecular complexity index is 776. The van der Waals surface area contributed by atoms with E-state index in [1.807, 2.05) is 0 Å². The molecule has 4 nitrogen and oxygen atoms in total. The Kier molecular flexibility index (Phi) is 3.22. The van der Waals surface area contributed by atoms with Crippen molar-refractivity contribution in [3.8, 4) is 0 Å². The maximum absolute atomic E-state index is 14.1. The Morgan fingerprint density at radius 2 is 2.05 bits per heavy atom. The van der Waals surface area contributed by atoms with E-state index in [-0.39, 0.29) is 22.9 Å². The maximum Gasteiger partial charge on any atom is 0.299 e. The quantitative estimate of drug-likeness (QED) is 0.633. The van der Waals surface area contributed by atoms with Crippen LogP contribution < -0.4 is 4.90 Å². The van der Waals surface area contributed by atoms with Gasteiger partial charge in [0.2, 0.25) is 0 Å². The standard InChI is InChI=1S/C15H10ClFN2O2/c1-8-4-10-13(11(17)5-8)19(15(21)14(10)20)7-9-2-3-18-12(16)6-9/h2-6H,7H2,1H3. The monoisotopic (exact) mass is 304 g/mol. The van der Waals surface area contributed by atoms with E-state index in [2.05, 4.69) is 4.98 Å². The molecular formula is C15H10ClFN2O2. The van der Waals surface area contributed by atoms with E-state index in [0.29, 0.717) is 11.1 Å². The summed E-state index contributed by atoms with van der Waals surface area (Å²) in [4.78, 5) is 29.0. The minimum Gasteiger partial charge on any atom is -0.298 e. The second-order valence-electron chi connectivity index (χ2n) is 4.85. The van der Waals surface area contributed by atoms with Gasteiger partial charge in [0.15, 0.2) is 0 Å². The highest BCUT2D eigenvalue weighted by molar-refractivity contribution is 6.52. The van der Waals surface area contributed by atoms with Gasteiger partial charge in [-0.2, -0.15) is 0 Å². The Morgan fingerprint density at radius 3 is 2.76 bits per heavy atom. The highest BCUT2D eigenvalue weighted by Crippen LogP contribution is 2.34. The predicted octanol–water partition coefficient (Wildman–Crippen LogP) is 2.91. The second kappa shape index (κ2) is 4.93. The number of hydrogen-bond donors (Lipinski definition) is 0. The van der Waals surface area contributed by atoms with Gasteiger partial charge in [-0.15, -0.1) is 0 Å². The molecule has 0 aliphatic carbocycles. The van der Waals surface area contributed by atoms with Crippen LogP contribution in [0.5, 0.6) is 0 Å². The van der Waals surface area contributed by atoms with Crippen molar-refractivity contribution in [2.45, 2.75) is 13.5 Å². The molecule has 0 fully saturated rings. The average molecular weight is 305 g/mol. The molecule has 2 heterocycles. The zero-order chi connectivity index (χ0) is 15.1. The zero-order valence-electron chi connectivity index (χ0n) is 11.1. The maximum atomic E-state index is 14.1. The van der Waals surface area contributed by atoms with Crippen molar-refractivity contribution < 1.29 is 14.0 Å². The highest BCUT2D eigenvalue weighted by Gasteiger charge is 2.38. The fraction of sp³-hybridized carbons (Fsp3) is 0.133. The first-order chi connectivity index (χ1) is 9.97. The number of carbonyl (C=O) groups is 2. The van der Waals surface area contributed by atoms with E-state index in [1.54, 1.807) is 19.1 Å². The number of ketones is 1. The topological polar surface area (TPSA) is 50.3 Å². The first-order valence-electron chi connectivity index (χ1n) is 6.24. The number of hydrogen-bond acceptors (Lipinski definition) is 3. The van der Waals surface area contributed by atoms with Crippen LogP contribution in [0.15, 0.2) is 30.5 Å². The second-order valence-corrected chi connectivity index (χ2v) is 5.24. The minimum atomic E-state index is -0.734. The molecule has 0 bridgehead atoms. The number of pyridine rings is 1. The van der Waals surface area contributed by atoms with Gasteiger partial charge in [0.25, 0.3) is 11.7 Å². The van der Waals surface area contributed by atoms with E-state index in [1.165, 1.54) is 18.3 Å². The van der Waals surface area contributed by atoms with Crippen molar-refractivity contribution >= 4 is 29.0 Å². The average Bonchev–Trinajstić information content (AvgIpc) is 2.64. The van der Waals surface area contributed by atoms with Gasteiger partial charge in [-0.05, 0) is 42.3 Å². The number of halogens is 2. The molecular weight excluding hydrogens is 295 g/mol. The number of benzene rings is 1. The third-order valence-electron chi connectivity index (χ3n) is 3.29. The molecule has 21 heavy (non-hydrogen) atoms. The van der Waals surface area contributed by atoms with Crippen LogP contribution in [-0.2, 0) is 11.3 Å². The lowest BCUT2D eigenvalue weighted by Crippen LogP contribution is -2.29. The molecule has 1 aromatic heterocycles. The number of amides is 1. The van der Waals surface area contributed by atoms with E-state index < -0.39 is 17.5 Å². The molecule has 0 radical (unpaired) electrons. The lowest BCUT2D eigenvalue weighted by molar-refractivity contribution is -0.114. The molecule has 0 unspecified atom stereocenters. The van der Waals surface area contributed by atoms with Gasteiger partial charge < -0.3 is 0 Å². The van der Waals surface area contributed by atoms with Crippen molar-refractivity contribution in [2.24, 2.45) is 0 Å². The molecule has 2 aromatic rings. The molecule has 6 heteroatoms. The lowest BCUT2D eigenvalue weighted by atomic mass is 10.1. The van der Waals surface area contributed by atoms with Crippen molar-refractivity contribution in [2.75, 3.05) is 4.90 Å². The van der Waals surface area contributed by atoms with Crippen molar-refractivity contribution in [3.63, 3.8) is 0 Å². The molecule has 1 aliphatic rings. The van der Waals surface area contributed by atoms with Crippen LogP contribution in [0.25, 0.3) is 0 Å². The molecule has 0 saturated carbocycles. The number of carbonyl (C=O) groups excluding carboxylic acids is 2. The largest absolute Gasteiger partial charge is 0.299 e. The number of Topliss-reactive ketones (excluding diaryl/α,β-unsaturated/α-hetero) is 1. The Hall–Kier alpha value is -2.27. The summed E-state index contributed by atoms with van der Waals surface area (Å²) >= 11 is 5.79. The number of aryl methyl sites for hydroxylation is 1. The van der Waals surface area contributed by atoms with Crippen LogP contribution >= 0.6 is 11.6 Å². The Balaban J connectivity index is 2.05. The molecule has 1 aromatic carbocycles. The Labute approximate surface area is 125 Å². The molecule has 1 amide bonds. The minimum absolute atomic E-state index is 0.0311. The summed E-state index contributed by atoms with van der Waals surface area (Å²) in [6, 6.07) is 6.06. The molecule has 0 N–H and O–H groups in total. The predicted molar refractivity (Wildman–Crippen MR) is 75.9 cm³/mol. The Morgan fingerprint density at radius 1 is 1.29 bits per heavy atom. The van der Waals surface area contributed by atoms with Crippen LogP contribution in [0.1, 0.15) is 21.5 Å². The SMILES string of the molecule is Cc1cc(F)c2c(c1)C(=O)C(=O)N2Cc1ccnc(Cl)c1. The van der Waals surface area contributed by atoms with Crippen LogP contribution in [0.2, 0.25) is 5.15 Å². The molecule has 0 saturated heterocycles. The van der Waals surface area contributed by atoms with Gasteiger partial charge in [0.1, 0.15) is 11.0 Å². The number of rotatable bonds is 2. The van der Waals surface area contributed by atoms with E-state index in [9.17, 15) is 14.0 Å². The fourth-order valence-corrected chi connectivity index (χ4v) is 2.59. The lowest BCUT2D eigenvalue weighted by Gasteiger charge is -2.17. The van der Waals surface area contributed by atoms with E-state index >= 15 is 0 Å². The van der Waals surface area contributed by atoms with Crippen LogP contribution in [0.4, 0.5) is 10.1 Å². The normalized spacial score (nSPS) is 13.8. The third-order valence-corrected chi connectivity index (χ3v) is 3.50. The zero-order valence-corrected chi connectivity index (χ0v) is 11.8. The molecule has 0 atom stereocenters. The summed E-state index contributed by atoms with van der Waals surface area (Å²) in [7, 11) is 0. The first-order valence-corrected chi connectivity index (χ1v) is 6.62. The van der Waals surface area contributed by atoms with Gasteiger partial charge in [-0.1, -0.05) is 11.6 Å². The first kappa shape index (κ1) is 13.7. The van der Waals surface area contributed by atoms with Gasteiger partial charge in [0, 0.05) is 6.20 Å². The molecule has 0 spiro atoms. The molecule has 3 rings (SSSR count). The molecule has 106 valence electrons. The summed E-state index contributed by atoms with van der Waals surface area (Å²) in [6.07, 6.45) is 1.49. The summed E-state index contributed by atoms with van der Waals surface area (Å²) in [5.41, 5.74) is 1.41. The van der Waals surface area contributed by atoms with Crippen LogP contribution in [-0.4, -0.2) is 16.7 Å². The summed E-state index contributed by atoms with van der Waals surface area (Å²) in [5.74, 6) is -2.00. The van der Waals surface area contributed by atoms with Crippen molar-refractivity contribution in [1.82, 2.24) is 4.98 Å². The van der Waals surface area contributed by atoms with Crippen molar-refractivity contribution in [3.05, 3.63) is 58.1 Å². The number of fused-ring (bicyclic) bond motifs is 1. The molecule has 1 aliphatic heterocycles. The third kappa shape index (κ3) is 2.29. The number of anilines is 1. The number of aromatic nitrogens is 1. The summed E-state index contributed by atoms with van der Waals surface area (Å²) < 4.78 is 14.1. The number of nitrogens with zero attached hydrogens (tertiary/aromatic N) is 2. The van der Waals surface area contributed by atoms with Gasteiger partial charge in [-0.3, -0.25) is 14.5 Å². The van der Waals surface area contributed by atoms with E-state index in [0.717, 1.165) is 4.90 Å². The summed E-state index contributed by atoms with van der Waals surface area (Å²) in [6.45, 7) is 1.74. The van der Waals surface area contributed by atoms with Gasteiger partial charge >= 0.3 is 0 Å². The van der Waals surface area contributed by atoms with Crippen LogP contribution in [0, 0.1) is 12.7 Å². The van der Waals surface area contributed by atoms with E-state index in [4.69, 9.17) is 11.6 Å². The smallest absolute Gasteiger partial charge is 0.298 e. The van der Waals surface area contributed by atoms with Gasteiger partial charge in [0.05, 0.1) is 17.8 Å². The highest BCUT2D eigenvalue weighted by atomic mass is 35.5. The van der Waals surface area contributed by atoms with Gasteiger partial charge in [-0.25, -0.2) is 9.37 Å². The summed E-state index contributed by atoms with van der Waals surface area (Å²) in [5, 5.41) is 0.273. The van der Waals surface area contributed by atoms with Crippen molar-refractivity contribution in [1.29, 1.82) is 0 Å². The fourth-order valence-electron chi connectivity index (χ4n) is 2.40. The van der Waals surface area contributed by atoms with Crippen LogP contribution in [0.3, 0.4) is 0 Å².